The number of nitrogens with one attached hydrogen (secondary N) is 1. The molecule has 2 aromatic carbocycles. The Labute approximate surface area is 182 Å². The molecule has 7 nitrogen and oxygen atoms in total. The second-order valence-electron chi connectivity index (χ2n) is 7.14. The fourth-order valence-corrected chi connectivity index (χ4v) is 5.00. The van der Waals surface area contributed by atoms with Gasteiger partial charge in [0.1, 0.15) is 10.6 Å². The Balaban J connectivity index is 1.61. The summed E-state index contributed by atoms with van der Waals surface area (Å²) in [5.41, 5.74) is 0.376. The number of carbonyl (C=O) groups excluding carboxylic acids is 1. The number of amides is 1. The molecule has 168 valence electrons. The lowest BCUT2D eigenvalue weighted by Gasteiger charge is -2.19. The molecule has 1 amide bonds. The van der Waals surface area contributed by atoms with E-state index in [1.54, 1.807) is 31.2 Å². The molecule has 0 saturated carbocycles. The van der Waals surface area contributed by atoms with E-state index in [1.807, 2.05) is 0 Å². The Kier molecular flexibility index (Phi) is 7.86. The van der Waals surface area contributed by atoms with Gasteiger partial charge in [0.05, 0.1) is 13.2 Å². The highest BCUT2D eigenvalue weighted by atomic mass is 32.2. The molecule has 0 bridgehead atoms. The first kappa shape index (κ1) is 23.0. The average Bonchev–Trinajstić information content (AvgIpc) is 3.29. The van der Waals surface area contributed by atoms with E-state index < -0.39 is 15.8 Å². The Morgan fingerprint density at radius 2 is 1.84 bits per heavy atom. The standard InChI is InChI=1S/C22H27FN2O5S/c1-2-29-20-12-11-17(16-21(20)31(27,28)25-13-5-6-14-25)24-22(26)10-7-15-30-19-9-4-3-8-18(19)23/h3-4,8-9,11-12,16H,2,5-7,10,13-15H2,1H3,(H,24,26). The molecule has 31 heavy (non-hydrogen) atoms. The van der Waals surface area contributed by atoms with Crippen molar-refractivity contribution in [3.63, 3.8) is 0 Å². The molecule has 1 saturated heterocycles. The van der Waals surface area contributed by atoms with Crippen molar-refractivity contribution >= 4 is 21.6 Å². The summed E-state index contributed by atoms with van der Waals surface area (Å²) in [5.74, 6) is -0.323. The van der Waals surface area contributed by atoms with Crippen LogP contribution in [0.1, 0.15) is 32.6 Å². The minimum Gasteiger partial charge on any atom is -0.492 e. The van der Waals surface area contributed by atoms with Crippen LogP contribution >= 0.6 is 0 Å². The third kappa shape index (κ3) is 5.95. The van der Waals surface area contributed by atoms with Gasteiger partial charge in [-0.05, 0) is 56.5 Å². The number of benzene rings is 2. The largest absolute Gasteiger partial charge is 0.492 e. The van der Waals surface area contributed by atoms with E-state index >= 15 is 0 Å². The predicted octanol–water partition coefficient (Wildman–Crippen LogP) is 3.81. The SMILES string of the molecule is CCOc1ccc(NC(=O)CCCOc2ccccc2F)cc1S(=O)(=O)N1CCCC1. The number of sulfonamides is 1. The van der Waals surface area contributed by atoms with Gasteiger partial charge < -0.3 is 14.8 Å². The molecule has 0 radical (unpaired) electrons. The topological polar surface area (TPSA) is 84.9 Å². The van der Waals surface area contributed by atoms with Gasteiger partial charge in [0.2, 0.25) is 15.9 Å². The number of carbonyl (C=O) groups is 1. The van der Waals surface area contributed by atoms with Gasteiger partial charge in [0.25, 0.3) is 0 Å². The lowest BCUT2D eigenvalue weighted by molar-refractivity contribution is -0.116. The van der Waals surface area contributed by atoms with Gasteiger partial charge in [-0.2, -0.15) is 4.31 Å². The maximum Gasteiger partial charge on any atom is 0.246 e. The van der Waals surface area contributed by atoms with Crippen LogP contribution in [0.25, 0.3) is 0 Å². The second-order valence-corrected chi connectivity index (χ2v) is 9.04. The number of hydrogen-bond donors (Lipinski definition) is 1. The molecule has 2 aromatic rings. The van der Waals surface area contributed by atoms with Gasteiger partial charge in [0.15, 0.2) is 11.6 Å². The van der Waals surface area contributed by atoms with E-state index in [0.29, 0.717) is 31.8 Å². The number of hydrogen-bond acceptors (Lipinski definition) is 5. The summed E-state index contributed by atoms with van der Waals surface area (Å²) in [6.07, 6.45) is 2.19. The van der Waals surface area contributed by atoms with Crippen molar-refractivity contribution in [2.75, 3.05) is 31.6 Å². The van der Waals surface area contributed by atoms with Crippen molar-refractivity contribution in [1.82, 2.24) is 4.31 Å². The normalized spacial score (nSPS) is 14.4. The molecule has 0 atom stereocenters. The molecular formula is C22H27FN2O5S. The van der Waals surface area contributed by atoms with Crippen LogP contribution in [0.3, 0.4) is 0 Å². The highest BCUT2D eigenvalue weighted by Gasteiger charge is 2.30. The van der Waals surface area contributed by atoms with Crippen LogP contribution in [-0.4, -0.2) is 44.9 Å². The number of para-hydroxylation sites is 1. The van der Waals surface area contributed by atoms with Gasteiger partial charge in [-0.1, -0.05) is 12.1 Å². The number of rotatable bonds is 10. The molecule has 0 unspecified atom stereocenters. The summed E-state index contributed by atoms with van der Waals surface area (Å²) < 4.78 is 51.9. The molecule has 1 aliphatic heterocycles. The van der Waals surface area contributed by atoms with Crippen LogP contribution < -0.4 is 14.8 Å². The van der Waals surface area contributed by atoms with Gasteiger partial charge in [-0.15, -0.1) is 0 Å². The molecule has 3 rings (SSSR count). The highest BCUT2D eigenvalue weighted by Crippen LogP contribution is 2.31. The molecule has 1 fully saturated rings. The van der Waals surface area contributed by atoms with E-state index in [9.17, 15) is 17.6 Å². The third-order valence-corrected chi connectivity index (χ3v) is 6.77. The Morgan fingerprint density at radius 3 is 2.55 bits per heavy atom. The van der Waals surface area contributed by atoms with Crippen LogP contribution in [-0.2, 0) is 14.8 Å². The lowest BCUT2D eigenvalue weighted by atomic mass is 10.2. The zero-order valence-corrected chi connectivity index (χ0v) is 18.3. The molecular weight excluding hydrogens is 423 g/mol. The summed E-state index contributed by atoms with van der Waals surface area (Å²) >= 11 is 0. The Hall–Kier alpha value is -2.65. The number of ether oxygens (including phenoxy) is 2. The van der Waals surface area contributed by atoms with Crippen molar-refractivity contribution in [2.24, 2.45) is 0 Å². The van der Waals surface area contributed by atoms with E-state index in [2.05, 4.69) is 5.32 Å². The molecule has 0 aromatic heterocycles. The van der Waals surface area contributed by atoms with Crippen molar-refractivity contribution < 1.29 is 27.1 Å². The number of anilines is 1. The van der Waals surface area contributed by atoms with Crippen molar-refractivity contribution in [2.45, 2.75) is 37.5 Å². The van der Waals surface area contributed by atoms with E-state index in [-0.39, 0.29) is 35.3 Å². The van der Waals surface area contributed by atoms with Crippen LogP contribution in [0.2, 0.25) is 0 Å². The average molecular weight is 451 g/mol. The zero-order chi connectivity index (χ0) is 22.3. The number of halogens is 1. The predicted molar refractivity (Wildman–Crippen MR) is 115 cm³/mol. The van der Waals surface area contributed by atoms with E-state index in [1.165, 1.54) is 22.5 Å². The first-order valence-electron chi connectivity index (χ1n) is 10.4. The zero-order valence-electron chi connectivity index (χ0n) is 17.5. The van der Waals surface area contributed by atoms with Crippen LogP contribution in [0.4, 0.5) is 10.1 Å². The van der Waals surface area contributed by atoms with Gasteiger partial charge in [0, 0.05) is 25.2 Å². The van der Waals surface area contributed by atoms with Crippen molar-refractivity contribution in [3.05, 3.63) is 48.3 Å². The summed E-state index contributed by atoms with van der Waals surface area (Å²) in [4.78, 5) is 12.3. The summed E-state index contributed by atoms with van der Waals surface area (Å²) in [6.45, 7) is 3.26. The Bertz CT molecular complexity index is 1010. The molecule has 1 heterocycles. The van der Waals surface area contributed by atoms with Gasteiger partial charge in [-0.25, -0.2) is 12.8 Å². The van der Waals surface area contributed by atoms with Gasteiger partial charge in [-0.3, -0.25) is 4.79 Å². The summed E-state index contributed by atoms with van der Waals surface area (Å²) in [7, 11) is -3.70. The number of nitrogens with zero attached hydrogens (tertiary/aromatic N) is 1. The van der Waals surface area contributed by atoms with Crippen LogP contribution in [0.15, 0.2) is 47.4 Å². The smallest absolute Gasteiger partial charge is 0.246 e. The van der Waals surface area contributed by atoms with Crippen molar-refractivity contribution in [1.29, 1.82) is 0 Å². The molecule has 0 spiro atoms. The summed E-state index contributed by atoms with van der Waals surface area (Å²) in [5, 5.41) is 2.72. The monoisotopic (exact) mass is 450 g/mol. The van der Waals surface area contributed by atoms with E-state index in [0.717, 1.165) is 12.8 Å². The first-order chi connectivity index (χ1) is 14.9. The molecule has 1 aliphatic rings. The minimum absolute atomic E-state index is 0.0527. The fourth-order valence-electron chi connectivity index (χ4n) is 3.33. The minimum atomic E-state index is -3.70. The Morgan fingerprint density at radius 1 is 1.10 bits per heavy atom. The van der Waals surface area contributed by atoms with Gasteiger partial charge >= 0.3 is 0 Å². The second kappa shape index (κ2) is 10.6. The molecule has 9 heteroatoms. The van der Waals surface area contributed by atoms with E-state index in [4.69, 9.17) is 9.47 Å². The highest BCUT2D eigenvalue weighted by molar-refractivity contribution is 7.89. The molecule has 1 N–H and O–H groups in total. The maximum absolute atomic E-state index is 13.5. The fraction of sp³-hybridized carbons (Fsp3) is 0.409. The quantitative estimate of drug-likeness (QED) is 0.557. The summed E-state index contributed by atoms with van der Waals surface area (Å²) in [6, 6.07) is 10.7. The van der Waals surface area contributed by atoms with Crippen molar-refractivity contribution in [3.8, 4) is 11.5 Å². The molecule has 0 aliphatic carbocycles. The third-order valence-electron chi connectivity index (χ3n) is 4.85. The lowest BCUT2D eigenvalue weighted by Crippen LogP contribution is -2.28. The first-order valence-corrected chi connectivity index (χ1v) is 11.8. The van der Waals surface area contributed by atoms with Crippen LogP contribution in [0.5, 0.6) is 11.5 Å². The van der Waals surface area contributed by atoms with Crippen LogP contribution in [0, 0.1) is 5.82 Å². The maximum atomic E-state index is 13.5.